The van der Waals surface area contributed by atoms with E-state index < -0.39 is 0 Å². The van der Waals surface area contributed by atoms with Crippen molar-refractivity contribution in [2.24, 2.45) is 5.10 Å². The Kier molecular flexibility index (Phi) is 6.32. The van der Waals surface area contributed by atoms with Crippen LogP contribution in [0.1, 0.15) is 38.7 Å². The minimum Gasteiger partial charge on any atom is -0.319 e. The van der Waals surface area contributed by atoms with Crippen molar-refractivity contribution in [3.8, 4) is 11.4 Å². The fraction of sp³-hybridized carbons (Fsp3) is 0.154. The third-order valence-electron chi connectivity index (χ3n) is 5.58. The van der Waals surface area contributed by atoms with Crippen molar-refractivity contribution in [3.05, 3.63) is 104 Å². The van der Waals surface area contributed by atoms with Crippen LogP contribution in [-0.2, 0) is 0 Å². The van der Waals surface area contributed by atoms with E-state index in [9.17, 15) is 4.79 Å². The summed E-state index contributed by atoms with van der Waals surface area (Å²) >= 11 is 2.30. The summed E-state index contributed by atoms with van der Waals surface area (Å²) in [5.41, 5.74) is 10.8. The first kappa shape index (κ1) is 22.1. The van der Waals surface area contributed by atoms with Crippen molar-refractivity contribution in [1.29, 1.82) is 0 Å². The molecule has 1 amide bonds. The van der Waals surface area contributed by atoms with E-state index in [4.69, 9.17) is 0 Å². The highest BCUT2D eigenvalue weighted by atomic mass is 127. The lowest BCUT2D eigenvalue weighted by Gasteiger charge is -2.10. The molecule has 0 spiro atoms. The number of hydrogen-bond donors (Lipinski definition) is 1. The van der Waals surface area contributed by atoms with Crippen LogP contribution >= 0.6 is 22.6 Å². The zero-order valence-electron chi connectivity index (χ0n) is 18.6. The van der Waals surface area contributed by atoms with E-state index in [1.165, 1.54) is 3.57 Å². The Hall–Kier alpha value is -3.13. The number of aryl methyl sites for hydroxylation is 3. The molecule has 6 heteroatoms. The summed E-state index contributed by atoms with van der Waals surface area (Å²) in [5.74, 6) is -0.236. The molecule has 2 heterocycles. The quantitative estimate of drug-likeness (QED) is 0.194. The van der Waals surface area contributed by atoms with Crippen LogP contribution in [0.5, 0.6) is 0 Å². The Bertz CT molecular complexity index is 1280. The molecule has 0 bridgehead atoms. The van der Waals surface area contributed by atoms with E-state index in [-0.39, 0.29) is 5.91 Å². The topological polar surface area (TPSA) is 51.3 Å². The number of benzene rings is 2. The summed E-state index contributed by atoms with van der Waals surface area (Å²) in [6.07, 6.45) is 1.70. The van der Waals surface area contributed by atoms with Gasteiger partial charge in [0.2, 0.25) is 0 Å². The second kappa shape index (κ2) is 9.16. The first-order valence-corrected chi connectivity index (χ1v) is 11.5. The van der Waals surface area contributed by atoms with Gasteiger partial charge in [-0.2, -0.15) is 5.10 Å². The first-order valence-electron chi connectivity index (χ1n) is 10.4. The van der Waals surface area contributed by atoms with Gasteiger partial charge in [0, 0.05) is 48.8 Å². The number of carbonyl (C=O) groups is 1. The van der Waals surface area contributed by atoms with E-state index in [1.54, 1.807) is 6.21 Å². The average molecular weight is 536 g/mol. The van der Waals surface area contributed by atoms with Crippen LogP contribution in [0.15, 0.2) is 71.8 Å². The molecule has 0 radical (unpaired) electrons. The van der Waals surface area contributed by atoms with E-state index in [0.29, 0.717) is 5.56 Å². The van der Waals surface area contributed by atoms with Gasteiger partial charge in [-0.15, -0.1) is 0 Å². The summed E-state index contributed by atoms with van der Waals surface area (Å²) in [4.78, 5) is 12.5. The third kappa shape index (κ3) is 4.41. The molecule has 5 nitrogen and oxygen atoms in total. The molecule has 1 N–H and O–H groups in total. The molecule has 4 rings (SSSR count). The van der Waals surface area contributed by atoms with Crippen molar-refractivity contribution in [1.82, 2.24) is 14.6 Å². The summed E-state index contributed by atoms with van der Waals surface area (Å²) in [6, 6.07) is 22.2. The highest BCUT2D eigenvalue weighted by Crippen LogP contribution is 2.21. The fourth-order valence-electron chi connectivity index (χ4n) is 3.97. The average Bonchev–Trinajstić information content (AvgIpc) is 3.26. The lowest BCUT2D eigenvalue weighted by atomic mass is 10.2. The van der Waals surface area contributed by atoms with Crippen LogP contribution in [-0.4, -0.2) is 21.3 Å². The molecule has 32 heavy (non-hydrogen) atoms. The number of hydrogen-bond acceptors (Lipinski definition) is 2. The van der Waals surface area contributed by atoms with Gasteiger partial charge in [0.25, 0.3) is 5.91 Å². The number of aromatic nitrogens is 2. The van der Waals surface area contributed by atoms with Crippen LogP contribution in [0.25, 0.3) is 11.4 Å². The highest BCUT2D eigenvalue weighted by molar-refractivity contribution is 14.1. The van der Waals surface area contributed by atoms with Gasteiger partial charge in [-0.1, -0.05) is 0 Å². The SMILES string of the molecule is Cc1ccc(C)n1-c1ccc(C(=O)N/N=C\c2cc(C)n(-c3ccc(I)cc3)c2C)cc1. The molecule has 162 valence electrons. The molecule has 0 aliphatic rings. The summed E-state index contributed by atoms with van der Waals surface area (Å²) in [7, 11) is 0. The van der Waals surface area contributed by atoms with Crippen molar-refractivity contribution in [3.63, 3.8) is 0 Å². The predicted molar refractivity (Wildman–Crippen MR) is 138 cm³/mol. The van der Waals surface area contributed by atoms with Crippen LogP contribution in [0.2, 0.25) is 0 Å². The van der Waals surface area contributed by atoms with Crippen molar-refractivity contribution in [2.45, 2.75) is 27.7 Å². The lowest BCUT2D eigenvalue weighted by Crippen LogP contribution is -2.17. The van der Waals surface area contributed by atoms with Crippen molar-refractivity contribution >= 4 is 34.7 Å². The molecule has 0 saturated heterocycles. The van der Waals surface area contributed by atoms with Crippen molar-refractivity contribution in [2.75, 3.05) is 0 Å². The molecule has 4 aromatic rings. The smallest absolute Gasteiger partial charge is 0.271 e. The van der Waals surface area contributed by atoms with Gasteiger partial charge in [0.15, 0.2) is 0 Å². The minimum absolute atomic E-state index is 0.236. The largest absolute Gasteiger partial charge is 0.319 e. The Morgan fingerprint density at radius 3 is 2.00 bits per heavy atom. The Balaban J connectivity index is 1.47. The maximum atomic E-state index is 12.5. The lowest BCUT2D eigenvalue weighted by molar-refractivity contribution is 0.0955. The number of amides is 1. The number of halogens is 1. The molecule has 0 atom stereocenters. The van der Waals surface area contributed by atoms with Gasteiger partial charge in [-0.05, 0) is 117 Å². The molecular formula is C26H25IN4O. The molecule has 0 fully saturated rings. The molecule has 0 unspecified atom stereocenters. The van der Waals surface area contributed by atoms with Crippen LogP contribution in [0, 0.1) is 31.3 Å². The van der Waals surface area contributed by atoms with Crippen LogP contribution in [0.4, 0.5) is 0 Å². The van der Waals surface area contributed by atoms with E-state index in [1.807, 2.05) is 24.3 Å². The molecular weight excluding hydrogens is 511 g/mol. The van der Waals surface area contributed by atoms with Gasteiger partial charge in [0.1, 0.15) is 0 Å². The minimum atomic E-state index is -0.236. The second-order valence-electron chi connectivity index (χ2n) is 7.84. The van der Waals surface area contributed by atoms with Gasteiger partial charge in [0.05, 0.1) is 6.21 Å². The van der Waals surface area contributed by atoms with Crippen LogP contribution in [0.3, 0.4) is 0 Å². The predicted octanol–water partition coefficient (Wildman–Crippen LogP) is 5.87. The van der Waals surface area contributed by atoms with E-state index in [0.717, 1.165) is 39.7 Å². The number of rotatable bonds is 5. The Morgan fingerprint density at radius 1 is 0.812 bits per heavy atom. The second-order valence-corrected chi connectivity index (χ2v) is 9.08. The molecule has 2 aromatic carbocycles. The zero-order chi connectivity index (χ0) is 22.8. The number of nitrogens with zero attached hydrogens (tertiary/aromatic N) is 3. The third-order valence-corrected chi connectivity index (χ3v) is 6.30. The molecule has 0 saturated carbocycles. The maximum Gasteiger partial charge on any atom is 0.271 e. The standard InChI is InChI=1S/C26H25IN4O/c1-17-5-6-18(2)30(17)24-11-7-21(8-12-24)26(32)29-28-16-22-15-19(3)31(20(22)4)25-13-9-23(27)10-14-25/h5-16H,1-4H3,(H,29,32)/b28-16-. The highest BCUT2D eigenvalue weighted by Gasteiger charge is 2.10. The maximum absolute atomic E-state index is 12.5. The van der Waals surface area contributed by atoms with E-state index in [2.05, 4.69) is 112 Å². The normalized spacial score (nSPS) is 11.3. The monoisotopic (exact) mass is 536 g/mol. The van der Waals surface area contributed by atoms with Gasteiger partial charge in [-0.25, -0.2) is 5.43 Å². The first-order chi connectivity index (χ1) is 15.3. The number of nitrogens with one attached hydrogen (secondary N) is 1. The Labute approximate surface area is 201 Å². The van der Waals surface area contributed by atoms with Gasteiger partial charge in [-0.3, -0.25) is 4.79 Å². The molecule has 2 aromatic heterocycles. The summed E-state index contributed by atoms with van der Waals surface area (Å²) < 4.78 is 5.54. The van der Waals surface area contributed by atoms with Crippen LogP contribution < -0.4 is 5.43 Å². The number of carbonyl (C=O) groups excluding carboxylic acids is 1. The molecule has 0 aliphatic heterocycles. The van der Waals surface area contributed by atoms with Gasteiger partial charge < -0.3 is 9.13 Å². The van der Waals surface area contributed by atoms with Gasteiger partial charge >= 0.3 is 0 Å². The molecule has 0 aliphatic carbocycles. The number of hydrazone groups is 1. The zero-order valence-corrected chi connectivity index (χ0v) is 20.7. The Morgan fingerprint density at radius 2 is 1.38 bits per heavy atom. The van der Waals surface area contributed by atoms with Crippen molar-refractivity contribution < 1.29 is 4.79 Å². The fourth-order valence-corrected chi connectivity index (χ4v) is 4.33. The summed E-state index contributed by atoms with van der Waals surface area (Å²) in [6.45, 7) is 8.25. The summed E-state index contributed by atoms with van der Waals surface area (Å²) in [5, 5.41) is 4.20. The van der Waals surface area contributed by atoms with E-state index >= 15 is 0 Å².